The molecule has 3 nitrogen and oxygen atoms in total. The summed E-state index contributed by atoms with van der Waals surface area (Å²) in [5.41, 5.74) is 0. The van der Waals surface area contributed by atoms with Gasteiger partial charge in [0.2, 0.25) is 0 Å². The van der Waals surface area contributed by atoms with Gasteiger partial charge in [-0.1, -0.05) is 11.8 Å². The van der Waals surface area contributed by atoms with E-state index in [1.54, 1.807) is 7.11 Å². The second kappa shape index (κ2) is 5.15. The summed E-state index contributed by atoms with van der Waals surface area (Å²) in [6.45, 7) is 0.626. The van der Waals surface area contributed by atoms with Crippen LogP contribution in [0, 0.1) is 11.8 Å². The number of methoxy groups -OCH3 is 1. The summed E-state index contributed by atoms with van der Waals surface area (Å²) in [5, 5.41) is 8.49. The zero-order chi connectivity index (χ0) is 8.81. The first-order valence-electron chi connectivity index (χ1n) is 4.12. The Bertz CT molecular complexity index is 180. The second-order valence-electron chi connectivity index (χ2n) is 2.69. The van der Waals surface area contributed by atoms with Crippen LogP contribution in [0.2, 0.25) is 0 Å². The minimum atomic E-state index is -0.157. The van der Waals surface area contributed by atoms with E-state index >= 15 is 0 Å². The highest BCUT2D eigenvalue weighted by atomic mass is 16.5. The zero-order valence-corrected chi connectivity index (χ0v) is 7.25. The van der Waals surface area contributed by atoms with Gasteiger partial charge in [0.1, 0.15) is 12.7 Å². The van der Waals surface area contributed by atoms with Crippen LogP contribution < -0.4 is 0 Å². The van der Waals surface area contributed by atoms with E-state index in [2.05, 4.69) is 11.8 Å². The first kappa shape index (κ1) is 9.53. The third-order valence-corrected chi connectivity index (χ3v) is 1.89. The van der Waals surface area contributed by atoms with Crippen molar-refractivity contribution in [3.05, 3.63) is 0 Å². The minimum absolute atomic E-state index is 0.0674. The second-order valence-corrected chi connectivity index (χ2v) is 2.69. The molecular weight excluding hydrogens is 156 g/mol. The lowest BCUT2D eigenvalue weighted by Crippen LogP contribution is -2.34. The molecule has 68 valence electrons. The maximum Gasteiger partial charge on any atom is 0.144 e. The highest BCUT2D eigenvalue weighted by Gasteiger charge is 2.23. The number of hydrogen-bond donors (Lipinski definition) is 1. The van der Waals surface area contributed by atoms with E-state index in [1.165, 1.54) is 0 Å². The Morgan fingerprint density at radius 1 is 1.67 bits per heavy atom. The summed E-state index contributed by atoms with van der Waals surface area (Å²) >= 11 is 0. The Balaban J connectivity index is 2.46. The molecule has 1 fully saturated rings. The van der Waals surface area contributed by atoms with Crippen molar-refractivity contribution in [1.82, 2.24) is 0 Å². The summed E-state index contributed by atoms with van der Waals surface area (Å²) in [4.78, 5) is 0. The number of ether oxygens (including phenoxy) is 2. The van der Waals surface area contributed by atoms with E-state index in [4.69, 9.17) is 14.6 Å². The lowest BCUT2D eigenvalue weighted by molar-refractivity contribution is -0.0632. The summed E-state index contributed by atoms with van der Waals surface area (Å²) in [5.74, 6) is 5.41. The summed E-state index contributed by atoms with van der Waals surface area (Å²) in [7, 11) is 1.66. The molecule has 12 heavy (non-hydrogen) atoms. The fourth-order valence-corrected chi connectivity index (χ4v) is 1.28. The molecule has 3 heteroatoms. The van der Waals surface area contributed by atoms with Crippen LogP contribution in [0.4, 0.5) is 0 Å². The molecule has 1 rings (SSSR count). The number of aliphatic hydroxyl groups is 1. The number of aliphatic hydroxyl groups excluding tert-OH is 1. The van der Waals surface area contributed by atoms with Gasteiger partial charge in [-0.05, 0) is 12.8 Å². The Hall–Kier alpha value is -0.560. The Kier molecular flexibility index (Phi) is 4.09. The standard InChI is InChI=1S/C9H14O3/c1-11-8-5-3-7-12-9(8)4-2-6-10/h8-10H,3,5-7H2,1H3/t8-,9+/m1/s1. The predicted octanol–water partition coefficient (Wildman–Crippen LogP) is 0.176. The van der Waals surface area contributed by atoms with Crippen LogP contribution in [0.1, 0.15) is 12.8 Å². The van der Waals surface area contributed by atoms with Gasteiger partial charge < -0.3 is 14.6 Å². The SMILES string of the molecule is CO[C@@H]1CCCO[C@H]1C#CCO. The average Bonchev–Trinajstić information content (AvgIpc) is 2.15. The normalized spacial score (nSPS) is 29.2. The molecule has 0 saturated carbocycles. The number of rotatable bonds is 1. The molecule has 0 unspecified atom stereocenters. The van der Waals surface area contributed by atoms with E-state index in [0.717, 1.165) is 19.4 Å². The summed E-state index contributed by atoms with van der Waals surface area (Å²) in [6, 6.07) is 0. The van der Waals surface area contributed by atoms with Gasteiger partial charge in [-0.2, -0.15) is 0 Å². The zero-order valence-electron chi connectivity index (χ0n) is 7.25. The van der Waals surface area contributed by atoms with Crippen LogP contribution in [0.15, 0.2) is 0 Å². The van der Waals surface area contributed by atoms with E-state index in [9.17, 15) is 0 Å². The van der Waals surface area contributed by atoms with Crippen LogP contribution >= 0.6 is 0 Å². The molecule has 0 amide bonds. The molecule has 1 saturated heterocycles. The lowest BCUT2D eigenvalue weighted by Gasteiger charge is -2.26. The maximum absolute atomic E-state index is 8.49. The monoisotopic (exact) mass is 170 g/mol. The molecule has 0 bridgehead atoms. The van der Waals surface area contributed by atoms with Crippen LogP contribution in [0.3, 0.4) is 0 Å². The molecular formula is C9H14O3. The third kappa shape index (κ3) is 2.49. The van der Waals surface area contributed by atoms with Gasteiger partial charge in [0.25, 0.3) is 0 Å². The van der Waals surface area contributed by atoms with E-state index < -0.39 is 0 Å². The topological polar surface area (TPSA) is 38.7 Å². The Morgan fingerprint density at radius 2 is 2.50 bits per heavy atom. The first-order chi connectivity index (χ1) is 5.88. The molecule has 0 aromatic carbocycles. The fourth-order valence-electron chi connectivity index (χ4n) is 1.28. The molecule has 0 aliphatic carbocycles. The van der Waals surface area contributed by atoms with Crippen molar-refractivity contribution >= 4 is 0 Å². The summed E-state index contributed by atoms with van der Waals surface area (Å²) < 4.78 is 10.6. The molecule has 0 spiro atoms. The van der Waals surface area contributed by atoms with Crippen LogP contribution in [0.5, 0.6) is 0 Å². The Labute approximate surface area is 72.7 Å². The lowest BCUT2D eigenvalue weighted by atomic mass is 10.1. The van der Waals surface area contributed by atoms with Crippen molar-refractivity contribution in [3.63, 3.8) is 0 Å². The highest BCUT2D eigenvalue weighted by molar-refractivity contribution is 5.08. The maximum atomic E-state index is 8.49. The fraction of sp³-hybridized carbons (Fsp3) is 0.778. The van der Waals surface area contributed by atoms with Crippen LogP contribution in [-0.2, 0) is 9.47 Å². The van der Waals surface area contributed by atoms with Crippen LogP contribution in [-0.4, -0.2) is 37.6 Å². The van der Waals surface area contributed by atoms with Crippen molar-refractivity contribution in [2.45, 2.75) is 25.0 Å². The minimum Gasteiger partial charge on any atom is -0.384 e. The van der Waals surface area contributed by atoms with Gasteiger partial charge >= 0.3 is 0 Å². The van der Waals surface area contributed by atoms with Gasteiger partial charge in [0, 0.05) is 13.7 Å². The van der Waals surface area contributed by atoms with E-state index in [-0.39, 0.29) is 18.8 Å². The predicted molar refractivity (Wildman–Crippen MR) is 44.6 cm³/mol. The summed E-state index contributed by atoms with van der Waals surface area (Å²) in [6.07, 6.45) is 1.92. The van der Waals surface area contributed by atoms with Crippen LogP contribution in [0.25, 0.3) is 0 Å². The molecule has 1 N–H and O–H groups in total. The molecule has 2 atom stereocenters. The Morgan fingerprint density at radius 3 is 3.17 bits per heavy atom. The van der Waals surface area contributed by atoms with E-state index in [0.29, 0.717) is 0 Å². The van der Waals surface area contributed by atoms with Crippen molar-refractivity contribution in [2.75, 3.05) is 20.3 Å². The molecule has 1 heterocycles. The molecule has 0 aromatic rings. The van der Waals surface area contributed by atoms with Gasteiger partial charge in [0.15, 0.2) is 0 Å². The van der Waals surface area contributed by atoms with Gasteiger partial charge in [-0.15, -0.1) is 0 Å². The molecule has 1 aliphatic heterocycles. The number of hydrogen-bond acceptors (Lipinski definition) is 3. The highest BCUT2D eigenvalue weighted by Crippen LogP contribution is 2.15. The third-order valence-electron chi connectivity index (χ3n) is 1.89. The van der Waals surface area contributed by atoms with Crippen molar-refractivity contribution in [3.8, 4) is 11.8 Å². The first-order valence-corrected chi connectivity index (χ1v) is 4.12. The van der Waals surface area contributed by atoms with Crippen molar-refractivity contribution in [1.29, 1.82) is 0 Å². The largest absolute Gasteiger partial charge is 0.384 e. The molecule has 0 aromatic heterocycles. The van der Waals surface area contributed by atoms with Crippen molar-refractivity contribution < 1.29 is 14.6 Å². The van der Waals surface area contributed by atoms with Crippen molar-refractivity contribution in [2.24, 2.45) is 0 Å². The quantitative estimate of drug-likeness (QED) is 0.570. The van der Waals surface area contributed by atoms with E-state index in [1.807, 2.05) is 0 Å². The average molecular weight is 170 g/mol. The molecule has 1 aliphatic rings. The smallest absolute Gasteiger partial charge is 0.144 e. The van der Waals surface area contributed by atoms with Gasteiger partial charge in [-0.3, -0.25) is 0 Å². The molecule has 0 radical (unpaired) electrons. The van der Waals surface area contributed by atoms with Gasteiger partial charge in [-0.25, -0.2) is 0 Å². The van der Waals surface area contributed by atoms with Gasteiger partial charge in [0.05, 0.1) is 6.10 Å².